The van der Waals surface area contributed by atoms with E-state index in [-0.39, 0.29) is 5.91 Å². The van der Waals surface area contributed by atoms with E-state index >= 15 is 0 Å². The molecule has 4 rings (SSSR count). The van der Waals surface area contributed by atoms with E-state index in [0.717, 1.165) is 51.8 Å². The highest BCUT2D eigenvalue weighted by Gasteiger charge is 2.18. The van der Waals surface area contributed by atoms with Gasteiger partial charge in [-0.3, -0.25) is 4.79 Å². The summed E-state index contributed by atoms with van der Waals surface area (Å²) in [6.07, 6.45) is 7.93. The number of hydrogen-bond donors (Lipinski definition) is 1. The molecule has 0 spiro atoms. The molecule has 0 radical (unpaired) electrons. The molecule has 1 fully saturated rings. The molecule has 1 N–H and O–H groups in total. The van der Waals surface area contributed by atoms with Gasteiger partial charge in [0.25, 0.3) is 0 Å². The van der Waals surface area contributed by atoms with Crippen LogP contribution in [0.1, 0.15) is 45.1 Å². The van der Waals surface area contributed by atoms with Crippen LogP contribution in [0.4, 0.5) is 0 Å². The number of benzene rings is 2. The lowest BCUT2D eigenvalue weighted by Crippen LogP contribution is -2.31. The highest BCUT2D eigenvalue weighted by Crippen LogP contribution is 2.37. The van der Waals surface area contributed by atoms with Crippen molar-refractivity contribution in [2.75, 3.05) is 13.7 Å². The first-order valence-corrected chi connectivity index (χ1v) is 10.9. The molecule has 1 amide bonds. The molecule has 1 aliphatic rings. The summed E-state index contributed by atoms with van der Waals surface area (Å²) < 4.78 is 17.0. The van der Waals surface area contributed by atoms with Crippen molar-refractivity contribution in [1.29, 1.82) is 0 Å². The van der Waals surface area contributed by atoms with Crippen LogP contribution >= 0.6 is 0 Å². The van der Waals surface area contributed by atoms with E-state index in [0.29, 0.717) is 18.4 Å². The van der Waals surface area contributed by atoms with E-state index in [1.54, 1.807) is 19.4 Å². The van der Waals surface area contributed by atoms with Crippen molar-refractivity contribution in [2.24, 2.45) is 0 Å². The minimum atomic E-state index is -0.0505. The Morgan fingerprint density at radius 2 is 1.94 bits per heavy atom. The third-order valence-electron chi connectivity index (χ3n) is 5.85. The summed E-state index contributed by atoms with van der Waals surface area (Å²) >= 11 is 0. The SMILES string of the molecule is CCOc1ccc(-c2coc3cc(OC)c(/C(C)=C/C(=O)NC4CCCC4)cc23)cc1. The molecule has 0 atom stereocenters. The number of fused-ring (bicyclic) bond motifs is 1. The van der Waals surface area contributed by atoms with Gasteiger partial charge >= 0.3 is 0 Å². The van der Waals surface area contributed by atoms with Crippen molar-refractivity contribution in [3.8, 4) is 22.6 Å². The zero-order valence-electron chi connectivity index (χ0n) is 18.4. The summed E-state index contributed by atoms with van der Waals surface area (Å²) in [6, 6.07) is 12.2. The first-order chi connectivity index (χ1) is 15.1. The van der Waals surface area contributed by atoms with Gasteiger partial charge in [0.15, 0.2) is 0 Å². The van der Waals surface area contributed by atoms with Gasteiger partial charge < -0.3 is 19.2 Å². The number of hydrogen-bond acceptors (Lipinski definition) is 4. The highest BCUT2D eigenvalue weighted by atomic mass is 16.5. The Kier molecular flexibility index (Phi) is 6.31. The topological polar surface area (TPSA) is 60.7 Å². The van der Waals surface area contributed by atoms with E-state index in [2.05, 4.69) is 5.32 Å². The van der Waals surface area contributed by atoms with Crippen LogP contribution in [0.15, 0.2) is 53.2 Å². The maximum atomic E-state index is 12.5. The second-order valence-corrected chi connectivity index (χ2v) is 7.97. The fourth-order valence-corrected chi connectivity index (χ4v) is 4.24. The van der Waals surface area contributed by atoms with Gasteiger partial charge in [0.1, 0.15) is 17.1 Å². The standard InChI is InChI=1S/C26H29NO4/c1-4-30-20-11-9-18(10-12-20)23-16-31-25-15-24(29-3)21(14-22(23)25)17(2)13-26(28)27-19-7-5-6-8-19/h9-16,19H,4-8H2,1-3H3,(H,27,28)/b17-13+. The Bertz CT molecular complexity index is 1090. The summed E-state index contributed by atoms with van der Waals surface area (Å²) in [5.41, 5.74) is 4.51. The minimum Gasteiger partial charge on any atom is -0.496 e. The lowest BCUT2D eigenvalue weighted by atomic mass is 9.99. The monoisotopic (exact) mass is 419 g/mol. The van der Waals surface area contributed by atoms with Gasteiger partial charge in [0.05, 0.1) is 20.0 Å². The van der Waals surface area contributed by atoms with Gasteiger partial charge in [-0.25, -0.2) is 0 Å². The molecule has 1 heterocycles. The Hall–Kier alpha value is -3.21. The van der Waals surface area contributed by atoms with Crippen LogP contribution in [0.2, 0.25) is 0 Å². The summed E-state index contributed by atoms with van der Waals surface area (Å²) in [4.78, 5) is 12.5. The van der Waals surface area contributed by atoms with E-state index in [4.69, 9.17) is 13.9 Å². The number of allylic oxidation sites excluding steroid dienone is 1. The van der Waals surface area contributed by atoms with Gasteiger partial charge in [-0.15, -0.1) is 0 Å². The van der Waals surface area contributed by atoms with Crippen molar-refractivity contribution in [3.63, 3.8) is 0 Å². The summed E-state index contributed by atoms with van der Waals surface area (Å²) in [7, 11) is 1.63. The zero-order chi connectivity index (χ0) is 21.8. The van der Waals surface area contributed by atoms with E-state index in [1.165, 1.54) is 12.8 Å². The number of ether oxygens (including phenoxy) is 2. The number of rotatable bonds is 7. The molecule has 5 heteroatoms. The molecule has 1 aliphatic carbocycles. The van der Waals surface area contributed by atoms with Gasteiger partial charge in [0.2, 0.25) is 5.91 Å². The molecule has 0 bridgehead atoms. The quantitative estimate of drug-likeness (QED) is 0.479. The smallest absolute Gasteiger partial charge is 0.244 e. The normalized spacial score (nSPS) is 14.7. The average molecular weight is 420 g/mol. The maximum Gasteiger partial charge on any atom is 0.244 e. The zero-order valence-corrected chi connectivity index (χ0v) is 18.4. The van der Waals surface area contributed by atoms with Crippen LogP contribution in [-0.2, 0) is 4.79 Å². The molecule has 0 saturated heterocycles. The first-order valence-electron chi connectivity index (χ1n) is 10.9. The third kappa shape index (κ3) is 4.61. The Labute approximate surface area is 183 Å². The Morgan fingerprint density at radius 1 is 1.19 bits per heavy atom. The number of methoxy groups -OCH3 is 1. The maximum absolute atomic E-state index is 12.5. The van der Waals surface area contributed by atoms with Crippen LogP contribution < -0.4 is 14.8 Å². The van der Waals surface area contributed by atoms with E-state index in [9.17, 15) is 4.79 Å². The molecule has 1 saturated carbocycles. The van der Waals surface area contributed by atoms with Gasteiger partial charge in [-0.2, -0.15) is 0 Å². The second-order valence-electron chi connectivity index (χ2n) is 7.97. The lowest BCUT2D eigenvalue weighted by Gasteiger charge is -2.12. The van der Waals surface area contributed by atoms with Crippen LogP contribution in [0.5, 0.6) is 11.5 Å². The predicted molar refractivity (Wildman–Crippen MR) is 123 cm³/mol. The molecule has 162 valence electrons. The predicted octanol–water partition coefficient (Wildman–Crippen LogP) is 5.97. The van der Waals surface area contributed by atoms with E-state index < -0.39 is 0 Å². The number of furan rings is 1. The van der Waals surface area contributed by atoms with Crippen LogP contribution in [-0.4, -0.2) is 25.7 Å². The van der Waals surface area contributed by atoms with Gasteiger partial charge in [0, 0.05) is 34.7 Å². The molecular weight excluding hydrogens is 390 g/mol. The van der Waals surface area contributed by atoms with Crippen molar-refractivity contribution < 1.29 is 18.7 Å². The summed E-state index contributed by atoms with van der Waals surface area (Å²) in [6.45, 7) is 4.54. The fraction of sp³-hybridized carbons (Fsp3) is 0.346. The van der Waals surface area contributed by atoms with Crippen LogP contribution in [0.25, 0.3) is 27.7 Å². The van der Waals surface area contributed by atoms with Gasteiger partial charge in [-0.1, -0.05) is 25.0 Å². The van der Waals surface area contributed by atoms with E-state index in [1.807, 2.05) is 50.2 Å². The molecular formula is C26H29NO4. The van der Waals surface area contributed by atoms with Crippen LogP contribution in [0.3, 0.4) is 0 Å². The minimum absolute atomic E-state index is 0.0505. The molecule has 0 aliphatic heterocycles. The molecule has 2 aromatic carbocycles. The lowest BCUT2D eigenvalue weighted by molar-refractivity contribution is -0.117. The molecule has 0 unspecified atom stereocenters. The number of carbonyl (C=O) groups is 1. The average Bonchev–Trinajstić information content (AvgIpc) is 3.43. The van der Waals surface area contributed by atoms with Crippen molar-refractivity contribution in [3.05, 3.63) is 54.3 Å². The number of carbonyl (C=O) groups excluding carboxylic acids is 1. The Morgan fingerprint density at radius 3 is 2.61 bits per heavy atom. The molecule has 1 aromatic heterocycles. The highest BCUT2D eigenvalue weighted by molar-refractivity contribution is 6.00. The second kappa shape index (κ2) is 9.29. The fourth-order valence-electron chi connectivity index (χ4n) is 4.24. The van der Waals surface area contributed by atoms with Gasteiger partial charge in [-0.05, 0) is 56.0 Å². The van der Waals surface area contributed by atoms with Crippen LogP contribution in [0, 0.1) is 0 Å². The Balaban J connectivity index is 1.67. The first kappa shape index (κ1) is 21.0. The number of nitrogens with one attached hydrogen (secondary N) is 1. The van der Waals surface area contributed by atoms with Crippen molar-refractivity contribution >= 4 is 22.4 Å². The largest absolute Gasteiger partial charge is 0.496 e. The molecule has 5 nitrogen and oxygen atoms in total. The summed E-state index contributed by atoms with van der Waals surface area (Å²) in [5, 5.41) is 4.09. The van der Waals surface area contributed by atoms with Crippen molar-refractivity contribution in [1.82, 2.24) is 5.32 Å². The molecule has 31 heavy (non-hydrogen) atoms. The van der Waals surface area contributed by atoms with Crippen molar-refractivity contribution in [2.45, 2.75) is 45.6 Å². The molecule has 3 aromatic rings. The third-order valence-corrected chi connectivity index (χ3v) is 5.85. The number of amides is 1. The summed E-state index contributed by atoms with van der Waals surface area (Å²) in [5.74, 6) is 1.47.